The quantitative estimate of drug-likeness (QED) is 0.0244. The Morgan fingerprint density at radius 3 is 1.17 bits per heavy atom. The monoisotopic (exact) mass is 996 g/mol. The number of nitrogens with one attached hydrogen (secondary N) is 1. The van der Waals surface area contributed by atoms with E-state index in [0.29, 0.717) is 25.9 Å². The molecule has 0 aromatic rings. The number of hydrogen-bond donors (Lipinski definition) is 3. The maximum absolute atomic E-state index is 12.5. The normalized spacial score (nSPS) is 12.9. The molecule has 0 heterocycles. The first-order valence-electron chi connectivity index (χ1n) is 31.4. The lowest BCUT2D eigenvalue weighted by Crippen LogP contribution is -2.45. The van der Waals surface area contributed by atoms with Crippen molar-refractivity contribution in [1.82, 2.24) is 5.32 Å². The van der Waals surface area contributed by atoms with Gasteiger partial charge < -0.3 is 20.3 Å². The average Bonchev–Trinajstić information content (AvgIpc) is 3.37. The van der Waals surface area contributed by atoms with Crippen LogP contribution in [-0.4, -0.2) is 47.4 Å². The third-order valence-electron chi connectivity index (χ3n) is 14.4. The first-order chi connectivity index (χ1) is 35.0. The zero-order valence-corrected chi connectivity index (χ0v) is 47.5. The molecule has 416 valence electrons. The zero-order valence-electron chi connectivity index (χ0n) is 47.5. The van der Waals surface area contributed by atoms with E-state index in [4.69, 9.17) is 4.74 Å². The van der Waals surface area contributed by atoms with E-state index in [2.05, 4.69) is 67.8 Å². The van der Waals surface area contributed by atoms with Crippen LogP contribution in [0.1, 0.15) is 328 Å². The summed E-state index contributed by atoms with van der Waals surface area (Å²) in [7, 11) is 0. The second kappa shape index (κ2) is 60.4. The summed E-state index contributed by atoms with van der Waals surface area (Å²) in [6, 6.07) is -0.551. The van der Waals surface area contributed by atoms with Crippen molar-refractivity contribution >= 4 is 11.9 Å². The zero-order chi connectivity index (χ0) is 51.4. The molecule has 0 aliphatic heterocycles. The molecule has 3 N–H and O–H groups in total. The molecule has 2 unspecified atom stereocenters. The third-order valence-corrected chi connectivity index (χ3v) is 14.4. The number of aliphatic hydroxyl groups is 2. The smallest absolute Gasteiger partial charge is 0.305 e. The molecule has 71 heavy (non-hydrogen) atoms. The van der Waals surface area contributed by atoms with Gasteiger partial charge in [0.1, 0.15) is 0 Å². The van der Waals surface area contributed by atoms with E-state index in [-0.39, 0.29) is 18.5 Å². The van der Waals surface area contributed by atoms with Crippen molar-refractivity contribution in [3.63, 3.8) is 0 Å². The number of hydrogen-bond acceptors (Lipinski definition) is 5. The van der Waals surface area contributed by atoms with Crippen molar-refractivity contribution in [3.05, 3.63) is 48.6 Å². The summed E-state index contributed by atoms with van der Waals surface area (Å²) in [4.78, 5) is 24.6. The van der Waals surface area contributed by atoms with Gasteiger partial charge in [0, 0.05) is 12.8 Å². The summed E-state index contributed by atoms with van der Waals surface area (Å²) in [5.41, 5.74) is 0. The molecule has 0 rings (SSSR count). The minimum Gasteiger partial charge on any atom is -0.466 e. The predicted molar refractivity (Wildman–Crippen MR) is 310 cm³/mol. The summed E-state index contributed by atoms with van der Waals surface area (Å²) in [6.07, 6.45) is 76.9. The lowest BCUT2D eigenvalue weighted by molar-refractivity contribution is -0.143. The van der Waals surface area contributed by atoms with Crippen LogP contribution < -0.4 is 5.32 Å². The molecule has 0 fully saturated rings. The predicted octanol–water partition coefficient (Wildman–Crippen LogP) is 19.7. The van der Waals surface area contributed by atoms with E-state index in [1.165, 1.54) is 218 Å². The number of carbonyl (C=O) groups excluding carboxylic acids is 2. The van der Waals surface area contributed by atoms with Gasteiger partial charge >= 0.3 is 5.97 Å². The molecule has 2 atom stereocenters. The number of ether oxygens (including phenoxy) is 1. The van der Waals surface area contributed by atoms with Crippen molar-refractivity contribution in [2.24, 2.45) is 0 Å². The van der Waals surface area contributed by atoms with E-state index in [9.17, 15) is 19.8 Å². The Morgan fingerprint density at radius 2 is 0.746 bits per heavy atom. The molecule has 6 nitrogen and oxygen atoms in total. The number of aliphatic hydroxyl groups excluding tert-OH is 2. The molecule has 0 aromatic heterocycles. The summed E-state index contributed by atoms with van der Waals surface area (Å²) in [6.45, 7) is 4.91. The summed E-state index contributed by atoms with van der Waals surface area (Å²) < 4.78 is 5.46. The van der Waals surface area contributed by atoms with E-state index in [1.54, 1.807) is 0 Å². The Hall–Kier alpha value is -2.18. The number of amides is 1. The minimum atomic E-state index is -0.673. The fraction of sp³-hybridized carbons (Fsp3) is 0.846. The molecular weight excluding hydrogens is 875 g/mol. The topological polar surface area (TPSA) is 95.9 Å². The van der Waals surface area contributed by atoms with Crippen molar-refractivity contribution in [3.8, 4) is 0 Å². The van der Waals surface area contributed by atoms with Gasteiger partial charge in [0.25, 0.3) is 0 Å². The number of unbranched alkanes of at least 4 members (excludes halogenated alkanes) is 40. The van der Waals surface area contributed by atoms with Crippen LogP contribution in [0.25, 0.3) is 0 Å². The van der Waals surface area contributed by atoms with Crippen LogP contribution in [0.15, 0.2) is 48.6 Å². The summed E-state index contributed by atoms with van der Waals surface area (Å²) >= 11 is 0. The molecule has 1 amide bonds. The standard InChI is InChI=1S/C65H121NO5/c1-3-5-7-9-11-13-15-17-19-21-27-31-35-39-43-47-51-55-59-65(70)71-60-56-52-48-44-40-36-32-28-24-22-23-26-30-34-38-42-46-50-54-58-64(69)66-62(61-67)63(68)57-53-49-45-41-37-33-29-25-20-18-16-14-12-10-8-6-4-2/h13,15,19,21,28,32,36,40,62-63,67-68H,3-12,14,16-18,20,22-27,29-31,33-35,37-39,41-61H2,1-2H3,(H,66,69)/b15-13-,21-19-,32-28-,40-36-. The Balaban J connectivity index is 3.48. The first kappa shape index (κ1) is 68.8. The fourth-order valence-corrected chi connectivity index (χ4v) is 9.54. The van der Waals surface area contributed by atoms with Crippen molar-refractivity contribution in [1.29, 1.82) is 0 Å². The van der Waals surface area contributed by atoms with Gasteiger partial charge in [-0.2, -0.15) is 0 Å². The van der Waals surface area contributed by atoms with Crippen LogP contribution in [0.5, 0.6) is 0 Å². The summed E-state index contributed by atoms with van der Waals surface area (Å²) in [5, 5.41) is 23.3. The Labute approximate surface area is 442 Å². The maximum atomic E-state index is 12.5. The highest BCUT2D eigenvalue weighted by molar-refractivity contribution is 5.76. The Bertz CT molecular complexity index is 1190. The van der Waals surface area contributed by atoms with Crippen molar-refractivity contribution in [2.75, 3.05) is 13.2 Å². The molecule has 0 spiro atoms. The van der Waals surface area contributed by atoms with Gasteiger partial charge in [-0.25, -0.2) is 0 Å². The van der Waals surface area contributed by atoms with Gasteiger partial charge in [-0.05, 0) is 89.9 Å². The number of esters is 1. The molecule has 0 saturated heterocycles. The number of carbonyl (C=O) groups is 2. The molecule has 0 saturated carbocycles. The van der Waals surface area contributed by atoms with Gasteiger partial charge in [-0.1, -0.05) is 274 Å². The molecule has 0 radical (unpaired) electrons. The van der Waals surface area contributed by atoms with Crippen LogP contribution in [0.4, 0.5) is 0 Å². The van der Waals surface area contributed by atoms with E-state index < -0.39 is 12.1 Å². The van der Waals surface area contributed by atoms with Crippen molar-refractivity contribution < 1.29 is 24.5 Å². The lowest BCUT2D eigenvalue weighted by atomic mass is 10.0. The van der Waals surface area contributed by atoms with Gasteiger partial charge in [0.2, 0.25) is 5.91 Å². The third kappa shape index (κ3) is 57.0. The van der Waals surface area contributed by atoms with E-state index in [1.807, 2.05) is 0 Å². The minimum absolute atomic E-state index is 0.0207. The maximum Gasteiger partial charge on any atom is 0.305 e. The highest BCUT2D eigenvalue weighted by Gasteiger charge is 2.20. The number of rotatable bonds is 58. The second-order valence-corrected chi connectivity index (χ2v) is 21.4. The molecule has 0 aromatic carbocycles. The molecule has 0 aliphatic rings. The van der Waals surface area contributed by atoms with Crippen LogP contribution >= 0.6 is 0 Å². The Morgan fingerprint density at radius 1 is 0.408 bits per heavy atom. The second-order valence-electron chi connectivity index (χ2n) is 21.4. The largest absolute Gasteiger partial charge is 0.466 e. The highest BCUT2D eigenvalue weighted by atomic mass is 16.5. The SMILES string of the molecule is CCCCCC/C=C\C/C=C\CCCCCCCCCC(=O)OCCCCC/C=C\C=C/CCCCCCCCCCCCC(=O)NC(CO)C(O)CCCCCCCCCCCCCCCCCCC. The molecule has 6 heteroatoms. The van der Waals surface area contributed by atoms with Gasteiger partial charge in [-0.15, -0.1) is 0 Å². The van der Waals surface area contributed by atoms with Crippen LogP contribution in [0.3, 0.4) is 0 Å². The molecule has 0 aliphatic carbocycles. The number of allylic oxidation sites excluding steroid dienone is 8. The van der Waals surface area contributed by atoms with E-state index >= 15 is 0 Å². The molecule has 0 bridgehead atoms. The van der Waals surface area contributed by atoms with Gasteiger partial charge in [0.15, 0.2) is 0 Å². The van der Waals surface area contributed by atoms with E-state index in [0.717, 1.165) is 77.0 Å². The molecular formula is C65H121NO5. The van der Waals surface area contributed by atoms with Crippen LogP contribution in [-0.2, 0) is 14.3 Å². The Kier molecular flexibility index (Phi) is 58.5. The first-order valence-corrected chi connectivity index (χ1v) is 31.4. The fourth-order valence-electron chi connectivity index (χ4n) is 9.54. The van der Waals surface area contributed by atoms with Gasteiger partial charge in [0.05, 0.1) is 25.4 Å². The van der Waals surface area contributed by atoms with Crippen LogP contribution in [0.2, 0.25) is 0 Å². The average molecular weight is 997 g/mol. The summed E-state index contributed by atoms with van der Waals surface area (Å²) in [5.74, 6) is -0.0643. The van der Waals surface area contributed by atoms with Gasteiger partial charge in [-0.3, -0.25) is 9.59 Å². The lowest BCUT2D eigenvalue weighted by Gasteiger charge is -2.22. The highest BCUT2D eigenvalue weighted by Crippen LogP contribution is 2.17. The van der Waals surface area contributed by atoms with Crippen LogP contribution in [0, 0.1) is 0 Å². The van der Waals surface area contributed by atoms with Crippen molar-refractivity contribution in [2.45, 2.75) is 341 Å².